The number of hydrogen-bond acceptors (Lipinski definition) is 2. The number of hydrogen-bond donors (Lipinski definition) is 0. The van der Waals surface area contributed by atoms with Crippen LogP contribution in [0.2, 0.25) is 0 Å². The third-order valence-corrected chi connectivity index (χ3v) is 9.59. The van der Waals surface area contributed by atoms with E-state index in [9.17, 15) is 0 Å². The zero-order chi connectivity index (χ0) is 32.5. The molecule has 0 N–H and O–H groups in total. The molecule has 0 amide bonds. The topological polar surface area (TPSA) is 11.4 Å². The van der Waals surface area contributed by atoms with Crippen LogP contribution in [0.5, 0.6) is 0 Å². The second kappa shape index (κ2) is 12.8. The molecule has 234 valence electrons. The summed E-state index contributed by atoms with van der Waals surface area (Å²) in [6.07, 6.45) is 3.08. The largest absolute Gasteiger partial charge is 0.344 e. The Labute approximate surface area is 279 Å². The van der Waals surface area contributed by atoms with E-state index in [4.69, 9.17) is 0 Å². The lowest BCUT2D eigenvalue weighted by atomic mass is 10.1. The fourth-order valence-corrected chi connectivity index (χ4v) is 6.70. The van der Waals surface area contributed by atoms with Gasteiger partial charge in [0.2, 0.25) is 0 Å². The Hall–Kier alpha value is -5.28. The molecule has 1 heterocycles. The second-order valence-electron chi connectivity index (χ2n) is 12.5. The van der Waals surface area contributed by atoms with Crippen LogP contribution in [-0.4, -0.2) is 4.57 Å². The molecule has 1 aromatic heterocycles. The molecule has 7 aromatic rings. The van der Waals surface area contributed by atoms with Gasteiger partial charge in [-0.05, 0) is 128 Å². The molecule has 0 fully saturated rings. The molecule has 7 rings (SSSR count). The van der Waals surface area contributed by atoms with Crippen molar-refractivity contribution in [2.24, 2.45) is 7.05 Å². The van der Waals surface area contributed by atoms with Crippen LogP contribution in [0.25, 0.3) is 21.8 Å². The Morgan fingerprint density at radius 2 is 0.702 bits per heavy atom. The first-order valence-corrected chi connectivity index (χ1v) is 16.9. The molecule has 0 radical (unpaired) electrons. The minimum atomic E-state index is 1.03. The molecular weight excluding hydrogens is 571 g/mol. The normalized spacial score (nSPS) is 11.3. The van der Waals surface area contributed by atoms with Crippen LogP contribution in [0, 0.1) is 6.92 Å². The number of aryl methyl sites for hydroxylation is 5. The van der Waals surface area contributed by atoms with E-state index >= 15 is 0 Å². The van der Waals surface area contributed by atoms with E-state index in [1.807, 2.05) is 0 Å². The molecule has 3 nitrogen and oxygen atoms in total. The number of nitrogens with zero attached hydrogens (tertiary/aromatic N) is 3. The summed E-state index contributed by atoms with van der Waals surface area (Å²) in [6, 6.07) is 49.6. The SMILES string of the molecule is CCc1ccc(N(c2ccc(C)cc2)c2ccc3c(c2)c2cc(N(c4ccc(CC)cc4)c4ccc(CC)cc4)ccc2n3C)cc1. The van der Waals surface area contributed by atoms with Crippen LogP contribution in [0.4, 0.5) is 34.1 Å². The van der Waals surface area contributed by atoms with E-state index in [0.717, 1.165) is 53.4 Å². The first kappa shape index (κ1) is 30.4. The predicted octanol–water partition coefficient (Wildman–Crippen LogP) is 12.3. The number of benzene rings is 6. The van der Waals surface area contributed by atoms with Gasteiger partial charge in [-0.15, -0.1) is 0 Å². The summed E-state index contributed by atoms with van der Waals surface area (Å²) in [6.45, 7) is 8.76. The van der Waals surface area contributed by atoms with Gasteiger partial charge in [0.05, 0.1) is 0 Å². The van der Waals surface area contributed by atoms with E-state index in [1.54, 1.807) is 0 Å². The van der Waals surface area contributed by atoms with Gasteiger partial charge < -0.3 is 14.4 Å². The van der Waals surface area contributed by atoms with Gasteiger partial charge in [0.25, 0.3) is 0 Å². The van der Waals surface area contributed by atoms with Crippen LogP contribution in [0.1, 0.15) is 43.0 Å². The summed E-state index contributed by atoms with van der Waals surface area (Å²) in [4.78, 5) is 4.76. The quantitative estimate of drug-likeness (QED) is 0.160. The lowest BCUT2D eigenvalue weighted by molar-refractivity contribution is 1.01. The molecule has 6 aromatic carbocycles. The van der Waals surface area contributed by atoms with Crippen molar-refractivity contribution in [3.8, 4) is 0 Å². The van der Waals surface area contributed by atoms with Gasteiger partial charge in [-0.3, -0.25) is 0 Å². The highest BCUT2D eigenvalue weighted by Gasteiger charge is 2.18. The fourth-order valence-electron chi connectivity index (χ4n) is 6.70. The molecule has 0 saturated carbocycles. The molecule has 0 aliphatic rings. The van der Waals surface area contributed by atoms with Gasteiger partial charge in [-0.25, -0.2) is 0 Å². The highest BCUT2D eigenvalue weighted by atomic mass is 15.1. The molecule has 0 atom stereocenters. The van der Waals surface area contributed by atoms with Crippen molar-refractivity contribution in [3.63, 3.8) is 0 Å². The fraction of sp³-hybridized carbons (Fsp3) is 0.182. The number of fused-ring (bicyclic) bond motifs is 3. The van der Waals surface area contributed by atoms with Crippen molar-refractivity contribution in [2.75, 3.05) is 9.80 Å². The lowest BCUT2D eigenvalue weighted by Crippen LogP contribution is -2.10. The van der Waals surface area contributed by atoms with Crippen LogP contribution < -0.4 is 9.80 Å². The van der Waals surface area contributed by atoms with Gasteiger partial charge in [0.1, 0.15) is 0 Å². The summed E-state index contributed by atoms with van der Waals surface area (Å²) < 4.78 is 2.32. The van der Waals surface area contributed by atoms with E-state index in [1.165, 1.54) is 44.1 Å². The van der Waals surface area contributed by atoms with Gasteiger partial charge in [-0.2, -0.15) is 0 Å². The van der Waals surface area contributed by atoms with Gasteiger partial charge in [0.15, 0.2) is 0 Å². The molecule has 0 saturated heterocycles. The maximum atomic E-state index is 2.38. The van der Waals surface area contributed by atoms with E-state index in [0.29, 0.717) is 0 Å². The number of aromatic nitrogens is 1. The Morgan fingerprint density at radius 1 is 0.404 bits per heavy atom. The molecular formula is C44H43N3. The van der Waals surface area contributed by atoms with E-state index in [2.05, 4.69) is 183 Å². The smallest absolute Gasteiger partial charge is 0.0490 e. The summed E-state index contributed by atoms with van der Waals surface area (Å²) >= 11 is 0. The first-order valence-electron chi connectivity index (χ1n) is 16.9. The van der Waals surface area contributed by atoms with Crippen molar-refractivity contribution in [3.05, 3.63) is 156 Å². The van der Waals surface area contributed by atoms with Gasteiger partial charge in [0, 0.05) is 63.0 Å². The third-order valence-electron chi connectivity index (χ3n) is 9.59. The highest BCUT2D eigenvalue weighted by molar-refractivity contribution is 6.11. The molecule has 3 heteroatoms. The predicted molar refractivity (Wildman–Crippen MR) is 203 cm³/mol. The first-order chi connectivity index (χ1) is 23.0. The minimum absolute atomic E-state index is 1.03. The van der Waals surface area contributed by atoms with Gasteiger partial charge in [-0.1, -0.05) is 74.9 Å². The molecule has 0 spiro atoms. The molecule has 47 heavy (non-hydrogen) atoms. The average molecular weight is 614 g/mol. The summed E-state index contributed by atoms with van der Waals surface area (Å²) in [5.41, 5.74) is 14.6. The summed E-state index contributed by atoms with van der Waals surface area (Å²) in [7, 11) is 2.18. The van der Waals surface area contributed by atoms with E-state index in [-0.39, 0.29) is 0 Å². The average Bonchev–Trinajstić information content (AvgIpc) is 3.40. The zero-order valence-electron chi connectivity index (χ0n) is 28.2. The zero-order valence-corrected chi connectivity index (χ0v) is 28.2. The number of anilines is 6. The van der Waals surface area contributed by atoms with Crippen molar-refractivity contribution in [2.45, 2.75) is 47.0 Å². The van der Waals surface area contributed by atoms with Crippen molar-refractivity contribution in [1.82, 2.24) is 4.57 Å². The minimum Gasteiger partial charge on any atom is -0.344 e. The maximum absolute atomic E-state index is 2.38. The Morgan fingerprint density at radius 3 is 1.02 bits per heavy atom. The van der Waals surface area contributed by atoms with Crippen LogP contribution >= 0.6 is 0 Å². The third kappa shape index (κ3) is 5.79. The molecule has 0 bridgehead atoms. The van der Waals surface area contributed by atoms with Crippen molar-refractivity contribution in [1.29, 1.82) is 0 Å². The lowest BCUT2D eigenvalue weighted by Gasteiger charge is -2.26. The van der Waals surface area contributed by atoms with Crippen molar-refractivity contribution < 1.29 is 0 Å². The standard InChI is InChI=1S/C44H43N3/c1-6-32-11-19-36(20-12-32)46(35-17-9-31(4)10-18-35)39-25-27-43-41(29-39)42-30-40(26-28-44(42)45(43)5)47(37-21-13-33(7-2)14-22-37)38-23-15-34(8-3)16-24-38/h9-30H,6-8H2,1-5H3. The monoisotopic (exact) mass is 613 g/mol. The summed E-state index contributed by atoms with van der Waals surface area (Å²) in [5, 5.41) is 2.49. The molecule has 0 aliphatic heterocycles. The Kier molecular flexibility index (Phi) is 8.30. The number of rotatable bonds is 9. The Bertz CT molecular complexity index is 2090. The van der Waals surface area contributed by atoms with Crippen LogP contribution in [-0.2, 0) is 26.3 Å². The van der Waals surface area contributed by atoms with E-state index < -0.39 is 0 Å². The highest BCUT2D eigenvalue weighted by Crippen LogP contribution is 2.41. The van der Waals surface area contributed by atoms with Gasteiger partial charge >= 0.3 is 0 Å². The maximum Gasteiger partial charge on any atom is 0.0490 e. The van der Waals surface area contributed by atoms with Crippen LogP contribution in [0.3, 0.4) is 0 Å². The molecule has 0 unspecified atom stereocenters. The van der Waals surface area contributed by atoms with Crippen molar-refractivity contribution >= 4 is 55.9 Å². The summed E-state index contributed by atoms with van der Waals surface area (Å²) in [5.74, 6) is 0. The van der Waals surface area contributed by atoms with Crippen LogP contribution in [0.15, 0.2) is 133 Å². The molecule has 0 aliphatic carbocycles. The second-order valence-corrected chi connectivity index (χ2v) is 12.5. The Balaban J connectivity index is 1.40.